The van der Waals surface area contributed by atoms with E-state index < -0.39 is 11.8 Å². The number of benzene rings is 2. The number of hydrogen-bond acceptors (Lipinski definition) is 4. The highest BCUT2D eigenvalue weighted by Crippen LogP contribution is 2.14. The number of nitrogens with one attached hydrogen (secondary N) is 2. The van der Waals surface area contributed by atoms with Crippen LogP contribution in [0.3, 0.4) is 0 Å². The minimum Gasteiger partial charge on any atom is -0.494 e. The Morgan fingerprint density at radius 2 is 1.82 bits per heavy atom. The molecule has 0 atom stereocenters. The molecule has 2 rings (SSSR count). The predicted molar refractivity (Wildman–Crippen MR) is 107 cm³/mol. The van der Waals surface area contributed by atoms with Crippen molar-refractivity contribution in [1.82, 2.24) is 5.32 Å². The number of nitrogens with two attached hydrogens (primary N) is 1. The van der Waals surface area contributed by atoms with Gasteiger partial charge in [0.2, 0.25) is 11.8 Å². The zero-order valence-electron chi connectivity index (χ0n) is 15.9. The fourth-order valence-corrected chi connectivity index (χ4v) is 2.51. The van der Waals surface area contributed by atoms with Crippen LogP contribution in [0.15, 0.2) is 48.5 Å². The molecule has 0 saturated carbocycles. The van der Waals surface area contributed by atoms with Gasteiger partial charge in [-0.3, -0.25) is 14.4 Å². The smallest absolute Gasteiger partial charge is 0.251 e. The summed E-state index contributed by atoms with van der Waals surface area (Å²) in [5.74, 6) is -0.353. The third kappa shape index (κ3) is 7.49. The molecule has 0 aliphatic rings. The number of rotatable bonds is 10. The monoisotopic (exact) mass is 383 g/mol. The minimum atomic E-state index is -0.621. The molecule has 2 aromatic carbocycles. The standard InChI is InChI=1S/C21H25N3O4/c1-15-6-4-9-18(12-15)28-11-3-2-10-20(26)24-17-8-5-7-16(13-17)21(27)23-14-19(22)25/h4-9,12-13H,2-3,10-11,14H2,1H3,(H2,22,25)(H,23,27)(H,24,26). The van der Waals surface area contributed by atoms with Crippen LogP contribution in [0.1, 0.15) is 35.2 Å². The van der Waals surface area contributed by atoms with Crippen LogP contribution < -0.4 is 21.1 Å². The van der Waals surface area contributed by atoms with Crippen LogP contribution in [-0.2, 0) is 9.59 Å². The topological polar surface area (TPSA) is 111 Å². The first-order valence-electron chi connectivity index (χ1n) is 9.10. The van der Waals surface area contributed by atoms with Gasteiger partial charge in [-0.25, -0.2) is 0 Å². The van der Waals surface area contributed by atoms with Crippen molar-refractivity contribution in [2.24, 2.45) is 5.73 Å². The molecule has 0 radical (unpaired) electrons. The Hall–Kier alpha value is -3.35. The molecule has 7 heteroatoms. The first kappa shape index (κ1) is 21.0. The summed E-state index contributed by atoms with van der Waals surface area (Å²) in [4.78, 5) is 34.7. The van der Waals surface area contributed by atoms with E-state index in [1.165, 1.54) is 0 Å². The van der Waals surface area contributed by atoms with E-state index in [2.05, 4.69) is 10.6 Å². The Kier molecular flexibility index (Phi) is 8.02. The molecule has 3 amide bonds. The third-order valence-corrected chi connectivity index (χ3v) is 3.89. The summed E-state index contributed by atoms with van der Waals surface area (Å²) in [6.07, 6.45) is 1.81. The minimum absolute atomic E-state index is 0.134. The number of aryl methyl sites for hydroxylation is 1. The van der Waals surface area contributed by atoms with Crippen molar-refractivity contribution in [1.29, 1.82) is 0 Å². The van der Waals surface area contributed by atoms with Crippen LogP contribution in [0.5, 0.6) is 5.75 Å². The van der Waals surface area contributed by atoms with E-state index in [9.17, 15) is 14.4 Å². The number of unbranched alkanes of at least 4 members (excludes halogenated alkanes) is 1. The Bertz CT molecular complexity index is 836. The van der Waals surface area contributed by atoms with Crippen molar-refractivity contribution in [3.8, 4) is 5.75 Å². The van der Waals surface area contributed by atoms with Gasteiger partial charge in [-0.2, -0.15) is 0 Å². The van der Waals surface area contributed by atoms with Crippen LogP contribution in [0.25, 0.3) is 0 Å². The van der Waals surface area contributed by atoms with E-state index >= 15 is 0 Å². The van der Waals surface area contributed by atoms with Crippen molar-refractivity contribution >= 4 is 23.4 Å². The fraction of sp³-hybridized carbons (Fsp3) is 0.286. The SMILES string of the molecule is Cc1cccc(OCCCCC(=O)Nc2cccc(C(=O)NCC(N)=O)c2)c1. The van der Waals surface area contributed by atoms with Crippen molar-refractivity contribution < 1.29 is 19.1 Å². The third-order valence-electron chi connectivity index (χ3n) is 3.89. The lowest BCUT2D eigenvalue weighted by atomic mass is 10.1. The molecule has 0 unspecified atom stereocenters. The van der Waals surface area contributed by atoms with Gasteiger partial charge in [0.25, 0.3) is 5.91 Å². The van der Waals surface area contributed by atoms with E-state index in [1.807, 2.05) is 31.2 Å². The van der Waals surface area contributed by atoms with Gasteiger partial charge >= 0.3 is 0 Å². The van der Waals surface area contributed by atoms with Crippen molar-refractivity contribution in [3.05, 3.63) is 59.7 Å². The predicted octanol–water partition coefficient (Wildman–Crippen LogP) is 2.40. The van der Waals surface area contributed by atoms with Gasteiger partial charge in [-0.1, -0.05) is 18.2 Å². The molecular weight excluding hydrogens is 358 g/mol. The molecule has 0 spiro atoms. The number of amides is 3. The number of anilines is 1. The van der Waals surface area contributed by atoms with E-state index in [0.29, 0.717) is 30.7 Å². The van der Waals surface area contributed by atoms with Crippen LogP contribution in [0.4, 0.5) is 5.69 Å². The molecule has 0 aromatic heterocycles. The molecule has 28 heavy (non-hydrogen) atoms. The number of carbonyl (C=O) groups excluding carboxylic acids is 3. The summed E-state index contributed by atoms with van der Waals surface area (Å²) in [7, 11) is 0. The molecule has 0 bridgehead atoms. The molecule has 0 saturated heterocycles. The lowest BCUT2D eigenvalue weighted by Crippen LogP contribution is -2.33. The number of ether oxygens (including phenoxy) is 1. The Balaban J connectivity index is 1.71. The molecule has 0 aliphatic heterocycles. The maximum atomic E-state index is 12.1. The Labute approximate surface area is 164 Å². The second-order valence-electron chi connectivity index (χ2n) is 6.40. The van der Waals surface area contributed by atoms with Gasteiger partial charge in [0.15, 0.2) is 0 Å². The number of hydrogen-bond donors (Lipinski definition) is 3. The highest BCUT2D eigenvalue weighted by Gasteiger charge is 2.08. The van der Waals surface area contributed by atoms with Crippen LogP contribution in [0.2, 0.25) is 0 Å². The normalized spacial score (nSPS) is 10.2. The highest BCUT2D eigenvalue weighted by atomic mass is 16.5. The van der Waals surface area contributed by atoms with E-state index in [0.717, 1.165) is 17.7 Å². The quantitative estimate of drug-likeness (QED) is 0.547. The van der Waals surface area contributed by atoms with E-state index in [-0.39, 0.29) is 12.5 Å². The lowest BCUT2D eigenvalue weighted by molar-refractivity contribution is -0.117. The Morgan fingerprint density at radius 1 is 1.04 bits per heavy atom. The first-order chi connectivity index (χ1) is 13.4. The zero-order valence-corrected chi connectivity index (χ0v) is 15.9. The van der Waals surface area contributed by atoms with Gasteiger partial charge in [-0.05, 0) is 55.7 Å². The van der Waals surface area contributed by atoms with Crippen molar-refractivity contribution in [2.75, 3.05) is 18.5 Å². The zero-order chi connectivity index (χ0) is 20.4. The highest BCUT2D eigenvalue weighted by molar-refractivity contribution is 5.98. The molecule has 2 aromatic rings. The second kappa shape index (κ2) is 10.7. The van der Waals surface area contributed by atoms with Gasteiger partial charge in [0, 0.05) is 17.7 Å². The summed E-state index contributed by atoms with van der Waals surface area (Å²) in [6.45, 7) is 2.32. The summed E-state index contributed by atoms with van der Waals surface area (Å²) in [6, 6.07) is 14.3. The molecule has 0 aliphatic carbocycles. The average Bonchev–Trinajstić information content (AvgIpc) is 2.66. The van der Waals surface area contributed by atoms with Gasteiger partial charge < -0.3 is 21.1 Å². The molecule has 7 nitrogen and oxygen atoms in total. The maximum absolute atomic E-state index is 12.1. The number of primary amides is 1. The molecule has 148 valence electrons. The van der Waals surface area contributed by atoms with Crippen LogP contribution >= 0.6 is 0 Å². The maximum Gasteiger partial charge on any atom is 0.251 e. The van der Waals surface area contributed by atoms with Gasteiger partial charge in [0.1, 0.15) is 5.75 Å². The van der Waals surface area contributed by atoms with Crippen molar-refractivity contribution in [2.45, 2.75) is 26.2 Å². The second-order valence-corrected chi connectivity index (χ2v) is 6.40. The molecule has 0 fully saturated rings. The Morgan fingerprint density at radius 3 is 2.57 bits per heavy atom. The summed E-state index contributed by atoms with van der Waals surface area (Å²) < 4.78 is 5.66. The molecule has 4 N–H and O–H groups in total. The van der Waals surface area contributed by atoms with Crippen LogP contribution in [-0.4, -0.2) is 30.9 Å². The first-order valence-corrected chi connectivity index (χ1v) is 9.10. The van der Waals surface area contributed by atoms with Crippen LogP contribution in [0, 0.1) is 6.92 Å². The summed E-state index contributed by atoms with van der Waals surface area (Å²) in [5, 5.41) is 5.17. The summed E-state index contributed by atoms with van der Waals surface area (Å²) >= 11 is 0. The van der Waals surface area contributed by atoms with Gasteiger partial charge in [-0.15, -0.1) is 0 Å². The van der Waals surface area contributed by atoms with Gasteiger partial charge in [0.05, 0.1) is 13.2 Å². The summed E-state index contributed by atoms with van der Waals surface area (Å²) in [5.41, 5.74) is 7.00. The average molecular weight is 383 g/mol. The van der Waals surface area contributed by atoms with E-state index in [1.54, 1.807) is 24.3 Å². The van der Waals surface area contributed by atoms with E-state index in [4.69, 9.17) is 10.5 Å². The fourth-order valence-electron chi connectivity index (χ4n) is 2.51. The molecule has 0 heterocycles. The van der Waals surface area contributed by atoms with Crippen molar-refractivity contribution in [3.63, 3.8) is 0 Å². The largest absolute Gasteiger partial charge is 0.494 e. The molecular formula is C21H25N3O4. The number of carbonyl (C=O) groups is 3. The lowest BCUT2D eigenvalue weighted by Gasteiger charge is -2.09.